The largest absolute Gasteiger partial charge is 0.397 e. The number of carbonyl (C=O) groups excluding carboxylic acids is 1. The number of thiophene rings is 1. The predicted molar refractivity (Wildman–Crippen MR) is 91.9 cm³/mol. The quantitative estimate of drug-likeness (QED) is 0.872. The van der Waals surface area contributed by atoms with E-state index in [2.05, 4.69) is 26.1 Å². The number of halogens is 1. The summed E-state index contributed by atoms with van der Waals surface area (Å²) in [6.07, 6.45) is 2.54. The number of nitrogen functional groups attached to an aromatic ring is 1. The molecular formula is C15H18BrN3OS. The van der Waals surface area contributed by atoms with Crippen LogP contribution in [0, 0.1) is 0 Å². The van der Waals surface area contributed by atoms with Crippen molar-refractivity contribution in [3.8, 4) is 0 Å². The number of benzene rings is 1. The SMILES string of the molecule is Nc1c(C(=O)NCCN2CCCC2)sc2cccc(Br)c12. The zero-order valence-corrected chi connectivity index (χ0v) is 14.1. The number of nitrogens with zero attached hydrogens (tertiary/aromatic N) is 1. The number of anilines is 1. The molecule has 1 fully saturated rings. The first kappa shape index (κ1) is 14.8. The second-order valence-corrected chi connectivity index (χ2v) is 7.17. The molecule has 1 aliphatic rings. The molecule has 3 rings (SSSR count). The third-order valence-electron chi connectivity index (χ3n) is 3.82. The molecular weight excluding hydrogens is 350 g/mol. The Morgan fingerprint density at radius 3 is 2.86 bits per heavy atom. The number of nitrogens with one attached hydrogen (secondary N) is 1. The van der Waals surface area contributed by atoms with E-state index in [-0.39, 0.29) is 5.91 Å². The van der Waals surface area contributed by atoms with Crippen molar-refractivity contribution in [1.29, 1.82) is 0 Å². The van der Waals surface area contributed by atoms with Crippen molar-refractivity contribution in [2.24, 2.45) is 0 Å². The molecule has 0 saturated carbocycles. The average molecular weight is 368 g/mol. The van der Waals surface area contributed by atoms with Gasteiger partial charge in [-0.1, -0.05) is 22.0 Å². The third-order valence-corrected chi connectivity index (χ3v) is 5.65. The van der Waals surface area contributed by atoms with Crippen LogP contribution in [-0.2, 0) is 0 Å². The van der Waals surface area contributed by atoms with E-state index in [1.165, 1.54) is 24.2 Å². The van der Waals surface area contributed by atoms with E-state index < -0.39 is 0 Å². The Balaban J connectivity index is 1.69. The molecule has 21 heavy (non-hydrogen) atoms. The van der Waals surface area contributed by atoms with Gasteiger partial charge in [0.25, 0.3) is 5.91 Å². The summed E-state index contributed by atoms with van der Waals surface area (Å²) in [5.74, 6) is -0.0696. The minimum absolute atomic E-state index is 0.0696. The van der Waals surface area contributed by atoms with E-state index in [1.807, 2.05) is 18.2 Å². The molecule has 0 atom stereocenters. The molecule has 1 aliphatic heterocycles. The first-order valence-corrected chi connectivity index (χ1v) is 8.75. The first-order valence-electron chi connectivity index (χ1n) is 7.14. The lowest BCUT2D eigenvalue weighted by Crippen LogP contribution is -2.33. The fourth-order valence-corrected chi connectivity index (χ4v) is 4.49. The first-order chi connectivity index (χ1) is 10.2. The van der Waals surface area contributed by atoms with Crippen LogP contribution in [0.25, 0.3) is 10.1 Å². The Morgan fingerprint density at radius 1 is 1.38 bits per heavy atom. The van der Waals surface area contributed by atoms with Crippen molar-refractivity contribution in [2.45, 2.75) is 12.8 Å². The molecule has 4 nitrogen and oxygen atoms in total. The maximum Gasteiger partial charge on any atom is 0.263 e. The summed E-state index contributed by atoms with van der Waals surface area (Å²) in [4.78, 5) is 15.3. The molecule has 112 valence electrons. The molecule has 0 aliphatic carbocycles. The fourth-order valence-electron chi connectivity index (χ4n) is 2.71. The monoisotopic (exact) mass is 367 g/mol. The van der Waals surface area contributed by atoms with Gasteiger partial charge in [-0.05, 0) is 38.1 Å². The molecule has 0 bridgehead atoms. The molecule has 2 aromatic rings. The lowest BCUT2D eigenvalue weighted by Gasteiger charge is -2.14. The number of likely N-dealkylation sites (tertiary alicyclic amines) is 1. The van der Waals surface area contributed by atoms with Crippen LogP contribution >= 0.6 is 27.3 Å². The molecule has 3 N–H and O–H groups in total. The number of nitrogens with two attached hydrogens (primary N) is 1. The van der Waals surface area contributed by atoms with Gasteiger partial charge in [-0.15, -0.1) is 11.3 Å². The molecule has 0 unspecified atom stereocenters. The van der Waals surface area contributed by atoms with E-state index in [4.69, 9.17) is 5.73 Å². The zero-order chi connectivity index (χ0) is 14.8. The van der Waals surface area contributed by atoms with Crippen LogP contribution in [0.2, 0.25) is 0 Å². The topological polar surface area (TPSA) is 58.4 Å². The van der Waals surface area contributed by atoms with Crippen molar-refractivity contribution in [2.75, 3.05) is 31.9 Å². The Hall–Kier alpha value is -1.11. The van der Waals surface area contributed by atoms with Gasteiger partial charge in [-0.3, -0.25) is 4.79 Å². The van der Waals surface area contributed by atoms with Crippen LogP contribution in [0.3, 0.4) is 0 Å². The maximum absolute atomic E-state index is 12.3. The number of amides is 1. The standard InChI is InChI=1S/C15H18BrN3OS/c16-10-4-3-5-11-12(10)13(17)14(21-11)15(20)18-6-9-19-7-1-2-8-19/h3-5H,1-2,6-9,17H2,(H,18,20). The highest BCUT2D eigenvalue weighted by molar-refractivity contribution is 9.10. The van der Waals surface area contributed by atoms with Crippen molar-refractivity contribution in [3.63, 3.8) is 0 Å². The molecule has 0 spiro atoms. The van der Waals surface area contributed by atoms with Crippen LogP contribution in [-0.4, -0.2) is 37.0 Å². The molecule has 1 aromatic heterocycles. The average Bonchev–Trinajstić information content (AvgIpc) is 3.08. The number of hydrogen-bond donors (Lipinski definition) is 2. The fraction of sp³-hybridized carbons (Fsp3) is 0.400. The highest BCUT2D eigenvalue weighted by Crippen LogP contribution is 2.37. The van der Waals surface area contributed by atoms with Gasteiger partial charge >= 0.3 is 0 Å². The Bertz CT molecular complexity index is 664. The van der Waals surface area contributed by atoms with E-state index in [9.17, 15) is 4.79 Å². The summed E-state index contributed by atoms with van der Waals surface area (Å²) in [6, 6.07) is 5.89. The van der Waals surface area contributed by atoms with E-state index in [1.54, 1.807) is 0 Å². The summed E-state index contributed by atoms with van der Waals surface area (Å²) < 4.78 is 1.97. The maximum atomic E-state index is 12.3. The second kappa shape index (κ2) is 6.34. The van der Waals surface area contributed by atoms with Gasteiger partial charge in [0, 0.05) is 27.6 Å². The predicted octanol–water partition coefficient (Wildman–Crippen LogP) is 3.07. The van der Waals surface area contributed by atoms with Gasteiger partial charge in [0.1, 0.15) is 4.88 Å². The summed E-state index contributed by atoms with van der Waals surface area (Å²) >= 11 is 4.94. The van der Waals surface area contributed by atoms with Crippen molar-refractivity contribution < 1.29 is 4.79 Å². The number of hydrogen-bond acceptors (Lipinski definition) is 4. The van der Waals surface area contributed by atoms with Crippen LogP contribution < -0.4 is 11.1 Å². The van der Waals surface area contributed by atoms with Gasteiger partial charge < -0.3 is 16.0 Å². The molecule has 1 amide bonds. The second-order valence-electron chi connectivity index (χ2n) is 5.26. The van der Waals surface area contributed by atoms with Crippen molar-refractivity contribution in [1.82, 2.24) is 10.2 Å². The Morgan fingerprint density at radius 2 is 2.14 bits per heavy atom. The normalized spacial score (nSPS) is 15.7. The third kappa shape index (κ3) is 3.07. The molecule has 1 aromatic carbocycles. The van der Waals surface area contributed by atoms with Crippen molar-refractivity contribution in [3.05, 3.63) is 27.5 Å². The number of carbonyl (C=O) groups is 1. The number of fused-ring (bicyclic) bond motifs is 1. The van der Waals surface area contributed by atoms with E-state index in [0.29, 0.717) is 17.1 Å². The van der Waals surface area contributed by atoms with Crippen molar-refractivity contribution >= 4 is 48.9 Å². The van der Waals surface area contributed by atoms with Gasteiger partial charge in [0.15, 0.2) is 0 Å². The Kier molecular flexibility index (Phi) is 4.47. The summed E-state index contributed by atoms with van der Waals surface area (Å²) in [5.41, 5.74) is 6.71. The lowest BCUT2D eigenvalue weighted by molar-refractivity contribution is 0.0954. The minimum atomic E-state index is -0.0696. The zero-order valence-electron chi connectivity index (χ0n) is 11.7. The number of rotatable bonds is 4. The van der Waals surface area contributed by atoms with Crippen LogP contribution in [0.5, 0.6) is 0 Å². The van der Waals surface area contributed by atoms with E-state index in [0.717, 1.165) is 34.2 Å². The van der Waals surface area contributed by atoms with Crippen LogP contribution in [0.4, 0.5) is 5.69 Å². The molecule has 6 heteroatoms. The summed E-state index contributed by atoms with van der Waals surface area (Å²) in [7, 11) is 0. The summed E-state index contributed by atoms with van der Waals surface area (Å²) in [6.45, 7) is 3.88. The van der Waals surface area contributed by atoms with E-state index >= 15 is 0 Å². The Labute approximate surface area is 136 Å². The smallest absolute Gasteiger partial charge is 0.263 e. The van der Waals surface area contributed by atoms with Gasteiger partial charge in [-0.2, -0.15) is 0 Å². The highest BCUT2D eigenvalue weighted by Gasteiger charge is 2.18. The minimum Gasteiger partial charge on any atom is -0.397 e. The molecule has 0 radical (unpaired) electrons. The van der Waals surface area contributed by atoms with Gasteiger partial charge in [0.2, 0.25) is 0 Å². The summed E-state index contributed by atoms with van der Waals surface area (Å²) in [5, 5.41) is 3.92. The lowest BCUT2D eigenvalue weighted by atomic mass is 10.2. The van der Waals surface area contributed by atoms with Crippen LogP contribution in [0.15, 0.2) is 22.7 Å². The van der Waals surface area contributed by atoms with Crippen LogP contribution in [0.1, 0.15) is 22.5 Å². The molecule has 2 heterocycles. The van der Waals surface area contributed by atoms with Gasteiger partial charge in [0.05, 0.1) is 5.69 Å². The van der Waals surface area contributed by atoms with Gasteiger partial charge in [-0.25, -0.2) is 0 Å². The highest BCUT2D eigenvalue weighted by atomic mass is 79.9. The molecule has 1 saturated heterocycles.